The van der Waals surface area contributed by atoms with E-state index in [1.807, 2.05) is 35.2 Å². The molecule has 2 heterocycles. The number of methoxy groups -OCH3 is 1. The Morgan fingerprint density at radius 1 is 1.04 bits per heavy atom. The molecule has 2 aromatic rings. The molecule has 0 unspecified atom stereocenters. The van der Waals surface area contributed by atoms with Gasteiger partial charge in [-0.2, -0.15) is 4.31 Å². The smallest absolute Gasteiger partial charge is 0.243 e. The molecule has 1 amide bonds. The largest absolute Gasteiger partial charge is 0.497 e. The number of likely N-dealkylation sites (tertiary alicyclic amines) is 1. The first-order chi connectivity index (χ1) is 13.4. The number of carbonyl (C=O) groups is 1. The third kappa shape index (κ3) is 3.18. The molecule has 0 aliphatic carbocycles. The Balaban J connectivity index is 1.63. The van der Waals surface area contributed by atoms with E-state index in [1.165, 1.54) is 7.11 Å². The number of nitrogens with zero attached hydrogens (tertiary/aromatic N) is 2. The minimum atomic E-state index is -3.61. The molecule has 0 saturated carbocycles. The van der Waals surface area contributed by atoms with Crippen LogP contribution in [0.15, 0.2) is 59.5 Å². The fourth-order valence-corrected chi connectivity index (χ4v) is 6.08. The second-order valence-corrected chi connectivity index (χ2v) is 9.39. The first-order valence-corrected chi connectivity index (χ1v) is 10.8. The van der Waals surface area contributed by atoms with Gasteiger partial charge in [0, 0.05) is 38.5 Å². The zero-order valence-electron chi connectivity index (χ0n) is 16.0. The Labute approximate surface area is 165 Å². The molecule has 2 aliphatic rings. The van der Waals surface area contributed by atoms with Crippen LogP contribution in [0.3, 0.4) is 0 Å². The lowest BCUT2D eigenvalue weighted by atomic mass is 9.89. The SMILES string of the molecule is COc1cccc(S(=O)(=O)N2C[C@@H]3CN(C(C)=O)[C@H](c4ccccc4)[C@@H]3C2)c1. The summed E-state index contributed by atoms with van der Waals surface area (Å²) < 4.78 is 33.1. The van der Waals surface area contributed by atoms with Gasteiger partial charge in [-0.1, -0.05) is 36.4 Å². The lowest BCUT2D eigenvalue weighted by Crippen LogP contribution is -2.36. The third-order valence-corrected chi connectivity index (χ3v) is 7.68. The predicted octanol–water partition coefficient (Wildman–Crippen LogP) is 2.54. The molecular weight excluding hydrogens is 376 g/mol. The highest BCUT2D eigenvalue weighted by Crippen LogP contribution is 2.46. The molecule has 3 atom stereocenters. The Bertz CT molecular complexity index is 977. The van der Waals surface area contributed by atoms with E-state index in [-0.39, 0.29) is 28.7 Å². The monoisotopic (exact) mass is 400 g/mol. The molecule has 4 rings (SSSR count). The highest BCUT2D eigenvalue weighted by atomic mass is 32.2. The quantitative estimate of drug-likeness (QED) is 0.791. The first-order valence-electron chi connectivity index (χ1n) is 9.38. The molecule has 0 bridgehead atoms. The van der Waals surface area contributed by atoms with Gasteiger partial charge in [0.15, 0.2) is 0 Å². The van der Waals surface area contributed by atoms with Crippen LogP contribution in [0.2, 0.25) is 0 Å². The number of amides is 1. The van der Waals surface area contributed by atoms with Crippen molar-refractivity contribution in [2.45, 2.75) is 17.9 Å². The zero-order valence-corrected chi connectivity index (χ0v) is 16.8. The normalized spacial score (nSPS) is 24.9. The Hall–Kier alpha value is -2.38. The van der Waals surface area contributed by atoms with Gasteiger partial charge in [-0.25, -0.2) is 8.42 Å². The van der Waals surface area contributed by atoms with Gasteiger partial charge < -0.3 is 9.64 Å². The lowest BCUT2D eigenvalue weighted by Gasteiger charge is -2.29. The van der Waals surface area contributed by atoms with Crippen LogP contribution in [-0.2, 0) is 14.8 Å². The summed E-state index contributed by atoms with van der Waals surface area (Å²) in [4.78, 5) is 14.3. The van der Waals surface area contributed by atoms with Gasteiger partial charge in [0.2, 0.25) is 15.9 Å². The number of rotatable bonds is 4. The molecule has 28 heavy (non-hydrogen) atoms. The highest BCUT2D eigenvalue weighted by molar-refractivity contribution is 7.89. The molecule has 0 radical (unpaired) electrons. The summed E-state index contributed by atoms with van der Waals surface area (Å²) in [7, 11) is -2.09. The second kappa shape index (κ2) is 7.22. The lowest BCUT2D eigenvalue weighted by molar-refractivity contribution is -0.130. The molecule has 2 aromatic carbocycles. The van der Waals surface area contributed by atoms with Gasteiger partial charge in [0.1, 0.15) is 5.75 Å². The number of benzene rings is 2. The van der Waals surface area contributed by atoms with Gasteiger partial charge >= 0.3 is 0 Å². The van der Waals surface area contributed by atoms with Crippen LogP contribution in [0, 0.1) is 11.8 Å². The molecular formula is C21H24N2O4S. The number of sulfonamides is 1. The summed E-state index contributed by atoms with van der Waals surface area (Å²) in [6, 6.07) is 16.4. The number of hydrogen-bond donors (Lipinski definition) is 0. The van der Waals surface area contributed by atoms with Crippen molar-refractivity contribution in [1.29, 1.82) is 0 Å². The van der Waals surface area contributed by atoms with Crippen molar-refractivity contribution in [3.8, 4) is 5.75 Å². The first kappa shape index (κ1) is 19.0. The average molecular weight is 401 g/mol. The van der Waals surface area contributed by atoms with Gasteiger partial charge in [0.25, 0.3) is 0 Å². The maximum atomic E-state index is 13.2. The van der Waals surface area contributed by atoms with E-state index in [1.54, 1.807) is 35.5 Å². The highest BCUT2D eigenvalue weighted by Gasteiger charge is 2.50. The third-order valence-electron chi connectivity index (χ3n) is 5.86. The number of carbonyl (C=O) groups excluding carboxylic acids is 1. The number of fused-ring (bicyclic) bond motifs is 1. The molecule has 2 fully saturated rings. The van der Waals surface area contributed by atoms with Crippen LogP contribution in [0.4, 0.5) is 0 Å². The zero-order chi connectivity index (χ0) is 19.9. The molecule has 0 aromatic heterocycles. The van der Waals surface area contributed by atoms with Crippen molar-refractivity contribution in [1.82, 2.24) is 9.21 Å². The van der Waals surface area contributed by atoms with Crippen molar-refractivity contribution >= 4 is 15.9 Å². The summed E-state index contributed by atoms with van der Waals surface area (Å²) in [6.07, 6.45) is 0. The standard InChI is InChI=1S/C21H24N2O4S/c1-15(24)23-13-17-12-22(14-20(17)21(23)16-7-4-3-5-8-16)28(25,26)19-10-6-9-18(11-19)27-2/h3-11,17,20-21H,12-14H2,1-2H3/t17-,20-,21-/m1/s1. The fraction of sp³-hybridized carbons (Fsp3) is 0.381. The fourth-order valence-electron chi connectivity index (χ4n) is 4.51. The van der Waals surface area contributed by atoms with Crippen molar-refractivity contribution in [2.75, 3.05) is 26.7 Å². The maximum absolute atomic E-state index is 13.2. The van der Waals surface area contributed by atoms with Crippen LogP contribution in [0.5, 0.6) is 5.75 Å². The van der Waals surface area contributed by atoms with Crippen LogP contribution in [-0.4, -0.2) is 50.3 Å². The van der Waals surface area contributed by atoms with Crippen molar-refractivity contribution < 1.29 is 17.9 Å². The molecule has 2 saturated heterocycles. The van der Waals surface area contributed by atoms with E-state index < -0.39 is 10.0 Å². The van der Waals surface area contributed by atoms with E-state index in [0.29, 0.717) is 25.4 Å². The summed E-state index contributed by atoms with van der Waals surface area (Å²) in [6.45, 7) is 3.01. The average Bonchev–Trinajstić information content (AvgIpc) is 3.27. The Morgan fingerprint density at radius 2 is 1.79 bits per heavy atom. The van der Waals surface area contributed by atoms with E-state index in [0.717, 1.165) is 5.56 Å². The van der Waals surface area contributed by atoms with E-state index in [2.05, 4.69) is 0 Å². The van der Waals surface area contributed by atoms with Crippen molar-refractivity contribution in [3.63, 3.8) is 0 Å². The molecule has 6 nitrogen and oxygen atoms in total. The molecule has 0 spiro atoms. The second-order valence-electron chi connectivity index (χ2n) is 7.45. The van der Waals surface area contributed by atoms with Gasteiger partial charge in [-0.05, 0) is 23.6 Å². The van der Waals surface area contributed by atoms with Gasteiger partial charge in [-0.15, -0.1) is 0 Å². The van der Waals surface area contributed by atoms with E-state index in [9.17, 15) is 13.2 Å². The molecule has 7 heteroatoms. The van der Waals surface area contributed by atoms with Crippen LogP contribution < -0.4 is 4.74 Å². The Morgan fingerprint density at radius 3 is 2.46 bits per heavy atom. The summed E-state index contributed by atoms with van der Waals surface area (Å²) in [5.74, 6) is 0.775. The van der Waals surface area contributed by atoms with Crippen molar-refractivity contribution in [3.05, 3.63) is 60.2 Å². The molecule has 2 aliphatic heterocycles. The summed E-state index contributed by atoms with van der Waals surface area (Å²) in [5.41, 5.74) is 1.06. The number of ether oxygens (including phenoxy) is 1. The maximum Gasteiger partial charge on any atom is 0.243 e. The van der Waals surface area contributed by atoms with Gasteiger partial charge in [0.05, 0.1) is 18.0 Å². The molecule has 148 valence electrons. The summed E-state index contributed by atoms with van der Waals surface area (Å²) in [5, 5.41) is 0. The minimum Gasteiger partial charge on any atom is -0.497 e. The number of hydrogen-bond acceptors (Lipinski definition) is 4. The van der Waals surface area contributed by atoms with Gasteiger partial charge in [-0.3, -0.25) is 4.79 Å². The van der Waals surface area contributed by atoms with Crippen LogP contribution >= 0.6 is 0 Å². The van der Waals surface area contributed by atoms with E-state index >= 15 is 0 Å². The minimum absolute atomic E-state index is 0.0328. The Kier molecular flexibility index (Phi) is 4.89. The molecule has 0 N–H and O–H groups in total. The summed E-state index contributed by atoms with van der Waals surface area (Å²) >= 11 is 0. The predicted molar refractivity (Wildman–Crippen MR) is 105 cm³/mol. The van der Waals surface area contributed by atoms with Crippen LogP contribution in [0.1, 0.15) is 18.5 Å². The van der Waals surface area contributed by atoms with Crippen molar-refractivity contribution in [2.24, 2.45) is 11.8 Å². The van der Waals surface area contributed by atoms with E-state index in [4.69, 9.17) is 4.74 Å². The topological polar surface area (TPSA) is 66.9 Å². The van der Waals surface area contributed by atoms with Crippen LogP contribution in [0.25, 0.3) is 0 Å².